The van der Waals surface area contributed by atoms with E-state index in [1.54, 1.807) is 24.3 Å². The number of phenols is 1. The molecule has 1 amide bonds. The smallest absolute Gasteiger partial charge is 0.259 e. The number of hydrogen-bond acceptors (Lipinski definition) is 3. The Balaban J connectivity index is 2.21. The van der Waals surface area contributed by atoms with Crippen molar-refractivity contribution >= 4 is 11.6 Å². The van der Waals surface area contributed by atoms with Gasteiger partial charge in [-0.1, -0.05) is 30.7 Å². The third-order valence-electron chi connectivity index (χ3n) is 2.99. The van der Waals surface area contributed by atoms with Gasteiger partial charge in [0.25, 0.3) is 5.91 Å². The van der Waals surface area contributed by atoms with E-state index < -0.39 is 0 Å². The van der Waals surface area contributed by atoms with Crippen LogP contribution in [0.5, 0.6) is 11.5 Å². The van der Waals surface area contributed by atoms with Crippen LogP contribution >= 0.6 is 0 Å². The fourth-order valence-electron chi connectivity index (χ4n) is 1.93. The van der Waals surface area contributed by atoms with Crippen LogP contribution in [0, 0.1) is 6.92 Å². The van der Waals surface area contributed by atoms with Crippen molar-refractivity contribution in [3.8, 4) is 11.5 Å². The maximum absolute atomic E-state index is 12.3. The Labute approximate surface area is 124 Å². The summed E-state index contributed by atoms with van der Waals surface area (Å²) in [6, 6.07) is 12.2. The van der Waals surface area contributed by atoms with E-state index in [1.807, 2.05) is 26.0 Å². The number of nitrogens with one attached hydrogen (secondary N) is 1. The van der Waals surface area contributed by atoms with E-state index in [0.717, 1.165) is 12.0 Å². The standard InChI is InChI=1S/C17H19NO3/c1-3-10-21-16-7-5-4-6-14(16)18-17(20)13-11-12(2)8-9-15(13)19/h4-9,11,19H,3,10H2,1-2H3,(H,18,20). The van der Waals surface area contributed by atoms with Gasteiger partial charge in [-0.05, 0) is 37.6 Å². The highest BCUT2D eigenvalue weighted by Gasteiger charge is 2.13. The number of aryl methyl sites for hydroxylation is 1. The number of benzene rings is 2. The highest BCUT2D eigenvalue weighted by molar-refractivity contribution is 6.06. The van der Waals surface area contributed by atoms with Crippen molar-refractivity contribution in [3.63, 3.8) is 0 Å². The summed E-state index contributed by atoms with van der Waals surface area (Å²) in [7, 11) is 0. The van der Waals surface area contributed by atoms with Crippen LogP contribution in [0.25, 0.3) is 0 Å². The molecule has 0 aliphatic heterocycles. The van der Waals surface area contributed by atoms with Crippen molar-refractivity contribution in [1.29, 1.82) is 0 Å². The predicted octanol–water partition coefficient (Wildman–Crippen LogP) is 3.74. The van der Waals surface area contributed by atoms with Crippen LogP contribution in [0.1, 0.15) is 29.3 Å². The molecule has 0 fully saturated rings. The van der Waals surface area contributed by atoms with E-state index in [2.05, 4.69) is 5.32 Å². The Kier molecular flexibility index (Phi) is 4.82. The molecule has 4 heteroatoms. The maximum Gasteiger partial charge on any atom is 0.259 e. The van der Waals surface area contributed by atoms with Crippen molar-refractivity contribution in [2.75, 3.05) is 11.9 Å². The zero-order chi connectivity index (χ0) is 15.2. The average Bonchev–Trinajstić information content (AvgIpc) is 2.48. The second-order valence-electron chi connectivity index (χ2n) is 4.82. The van der Waals surface area contributed by atoms with Gasteiger partial charge >= 0.3 is 0 Å². The van der Waals surface area contributed by atoms with Crippen molar-refractivity contribution in [2.45, 2.75) is 20.3 Å². The number of rotatable bonds is 5. The molecule has 2 rings (SSSR count). The highest BCUT2D eigenvalue weighted by atomic mass is 16.5. The highest BCUT2D eigenvalue weighted by Crippen LogP contribution is 2.26. The van der Waals surface area contributed by atoms with Gasteiger partial charge in [0.1, 0.15) is 11.5 Å². The Morgan fingerprint density at radius 2 is 2.00 bits per heavy atom. The first-order chi connectivity index (χ1) is 10.1. The first-order valence-corrected chi connectivity index (χ1v) is 6.94. The van der Waals surface area contributed by atoms with Gasteiger partial charge in [-0.25, -0.2) is 0 Å². The summed E-state index contributed by atoms with van der Waals surface area (Å²) in [6.45, 7) is 4.48. The van der Waals surface area contributed by atoms with Gasteiger partial charge in [0.2, 0.25) is 0 Å². The molecule has 0 aliphatic carbocycles. The van der Waals surface area contributed by atoms with E-state index in [9.17, 15) is 9.90 Å². The zero-order valence-corrected chi connectivity index (χ0v) is 12.2. The number of carbonyl (C=O) groups is 1. The largest absolute Gasteiger partial charge is 0.507 e. The molecule has 0 heterocycles. The summed E-state index contributed by atoms with van der Waals surface area (Å²) >= 11 is 0. The van der Waals surface area contributed by atoms with Gasteiger partial charge < -0.3 is 15.2 Å². The van der Waals surface area contributed by atoms with Gasteiger partial charge in [0.15, 0.2) is 0 Å². The average molecular weight is 285 g/mol. The summed E-state index contributed by atoms with van der Waals surface area (Å²) in [5, 5.41) is 12.6. The summed E-state index contributed by atoms with van der Waals surface area (Å²) in [4.78, 5) is 12.3. The summed E-state index contributed by atoms with van der Waals surface area (Å²) in [6.07, 6.45) is 0.890. The lowest BCUT2D eigenvalue weighted by atomic mass is 10.1. The summed E-state index contributed by atoms with van der Waals surface area (Å²) < 4.78 is 5.60. The molecule has 4 nitrogen and oxygen atoms in total. The van der Waals surface area contributed by atoms with Crippen molar-refractivity contribution < 1.29 is 14.6 Å². The second-order valence-corrected chi connectivity index (χ2v) is 4.82. The number of aromatic hydroxyl groups is 1. The Morgan fingerprint density at radius 1 is 1.24 bits per heavy atom. The second kappa shape index (κ2) is 6.79. The molecule has 2 aromatic rings. The molecule has 0 atom stereocenters. The normalized spacial score (nSPS) is 10.2. The third kappa shape index (κ3) is 3.75. The van der Waals surface area contributed by atoms with Crippen LogP contribution in [0.2, 0.25) is 0 Å². The number of hydrogen-bond donors (Lipinski definition) is 2. The Bertz CT molecular complexity index is 638. The molecular weight excluding hydrogens is 266 g/mol. The molecule has 2 N–H and O–H groups in total. The Hall–Kier alpha value is -2.49. The van der Waals surface area contributed by atoms with Crippen LogP contribution in [-0.4, -0.2) is 17.6 Å². The van der Waals surface area contributed by atoms with Gasteiger partial charge in [0.05, 0.1) is 17.9 Å². The summed E-state index contributed by atoms with van der Waals surface area (Å²) in [5.41, 5.74) is 1.76. The maximum atomic E-state index is 12.3. The molecule has 0 radical (unpaired) electrons. The fraction of sp³-hybridized carbons (Fsp3) is 0.235. The van der Waals surface area contributed by atoms with Gasteiger partial charge in [-0.2, -0.15) is 0 Å². The first-order valence-electron chi connectivity index (χ1n) is 6.94. The lowest BCUT2D eigenvalue weighted by molar-refractivity contribution is 0.102. The number of para-hydroxylation sites is 2. The third-order valence-corrected chi connectivity index (χ3v) is 2.99. The van der Waals surface area contributed by atoms with Crippen molar-refractivity contribution in [3.05, 3.63) is 53.6 Å². The fourth-order valence-corrected chi connectivity index (χ4v) is 1.93. The molecular formula is C17H19NO3. The van der Waals surface area contributed by atoms with Gasteiger partial charge in [-0.15, -0.1) is 0 Å². The van der Waals surface area contributed by atoms with E-state index in [1.165, 1.54) is 6.07 Å². The van der Waals surface area contributed by atoms with Crippen molar-refractivity contribution in [2.24, 2.45) is 0 Å². The minimum absolute atomic E-state index is 0.0370. The minimum Gasteiger partial charge on any atom is -0.507 e. The number of carbonyl (C=O) groups excluding carboxylic acids is 1. The van der Waals surface area contributed by atoms with E-state index in [4.69, 9.17) is 4.74 Å². The van der Waals surface area contributed by atoms with Crippen LogP contribution in [-0.2, 0) is 0 Å². The van der Waals surface area contributed by atoms with E-state index in [-0.39, 0.29) is 17.2 Å². The molecule has 0 bridgehead atoms. The molecule has 0 unspecified atom stereocenters. The number of ether oxygens (including phenoxy) is 1. The predicted molar refractivity (Wildman–Crippen MR) is 83.0 cm³/mol. The SMILES string of the molecule is CCCOc1ccccc1NC(=O)c1cc(C)ccc1O. The molecule has 0 saturated heterocycles. The minimum atomic E-state index is -0.358. The van der Waals surface area contributed by atoms with Gasteiger partial charge in [-0.3, -0.25) is 4.79 Å². The van der Waals surface area contributed by atoms with Gasteiger partial charge in [0, 0.05) is 0 Å². The first kappa shape index (κ1) is 14.9. The topological polar surface area (TPSA) is 58.6 Å². The molecule has 0 saturated carbocycles. The molecule has 2 aromatic carbocycles. The molecule has 110 valence electrons. The van der Waals surface area contributed by atoms with Crippen LogP contribution in [0.3, 0.4) is 0 Å². The quantitative estimate of drug-likeness (QED) is 0.879. The van der Waals surface area contributed by atoms with E-state index in [0.29, 0.717) is 18.0 Å². The van der Waals surface area contributed by atoms with Crippen LogP contribution in [0.4, 0.5) is 5.69 Å². The summed E-state index contributed by atoms with van der Waals surface area (Å²) in [5.74, 6) is 0.230. The lowest BCUT2D eigenvalue weighted by Crippen LogP contribution is -2.13. The number of anilines is 1. The monoisotopic (exact) mass is 285 g/mol. The number of amides is 1. The molecule has 0 aromatic heterocycles. The molecule has 21 heavy (non-hydrogen) atoms. The Morgan fingerprint density at radius 3 is 2.76 bits per heavy atom. The van der Waals surface area contributed by atoms with Crippen LogP contribution < -0.4 is 10.1 Å². The molecule has 0 aliphatic rings. The number of phenolic OH excluding ortho intramolecular Hbond substituents is 1. The van der Waals surface area contributed by atoms with E-state index >= 15 is 0 Å². The molecule has 0 spiro atoms. The zero-order valence-electron chi connectivity index (χ0n) is 12.2. The lowest BCUT2D eigenvalue weighted by Gasteiger charge is -2.12. The van der Waals surface area contributed by atoms with Crippen molar-refractivity contribution in [1.82, 2.24) is 0 Å². The van der Waals surface area contributed by atoms with Crippen LogP contribution in [0.15, 0.2) is 42.5 Å².